The average molecular weight is 356 g/mol. The number of benzene rings is 2. The zero-order valence-corrected chi connectivity index (χ0v) is 15.3. The summed E-state index contributed by atoms with van der Waals surface area (Å²) in [6, 6.07) is 12.1. The quantitative estimate of drug-likeness (QED) is 0.884. The smallest absolute Gasteiger partial charge is 0.319 e. The molecule has 1 aliphatic rings. The molecule has 0 aromatic heterocycles. The van der Waals surface area contributed by atoms with Gasteiger partial charge in [-0.15, -0.1) is 0 Å². The Morgan fingerprint density at radius 2 is 1.85 bits per heavy atom. The molecule has 0 atom stereocenters. The van der Waals surface area contributed by atoms with Crippen LogP contribution in [-0.2, 0) is 6.54 Å². The number of likely N-dealkylation sites (N-methyl/N-ethyl adjacent to an activating group) is 1. The van der Waals surface area contributed by atoms with E-state index < -0.39 is 0 Å². The number of nitrogens with zero attached hydrogens (tertiary/aromatic N) is 2. The first kappa shape index (κ1) is 18.2. The SMILES string of the molecule is Cc1cc(N2CCN(C)CC2)ccc1NC(=O)NCc1ccccc1F. The molecule has 5 nitrogen and oxygen atoms in total. The Morgan fingerprint density at radius 1 is 1.12 bits per heavy atom. The third-order valence-corrected chi connectivity index (χ3v) is 4.72. The van der Waals surface area contributed by atoms with Crippen molar-refractivity contribution in [1.29, 1.82) is 0 Å². The van der Waals surface area contributed by atoms with E-state index in [4.69, 9.17) is 0 Å². The highest BCUT2D eigenvalue weighted by Crippen LogP contribution is 2.23. The number of amides is 2. The molecule has 1 fully saturated rings. The van der Waals surface area contributed by atoms with Crippen molar-refractivity contribution in [2.75, 3.05) is 43.4 Å². The van der Waals surface area contributed by atoms with Crippen molar-refractivity contribution in [1.82, 2.24) is 10.2 Å². The molecule has 1 aliphatic heterocycles. The highest BCUT2D eigenvalue weighted by Gasteiger charge is 2.15. The molecule has 0 bridgehead atoms. The van der Waals surface area contributed by atoms with Crippen molar-refractivity contribution in [2.24, 2.45) is 0 Å². The third-order valence-electron chi connectivity index (χ3n) is 4.72. The summed E-state index contributed by atoms with van der Waals surface area (Å²) in [4.78, 5) is 16.8. The van der Waals surface area contributed by atoms with Gasteiger partial charge in [0.2, 0.25) is 0 Å². The molecule has 0 unspecified atom stereocenters. The predicted molar refractivity (Wildman–Crippen MR) is 103 cm³/mol. The van der Waals surface area contributed by atoms with Gasteiger partial charge in [0.25, 0.3) is 0 Å². The second-order valence-corrected chi connectivity index (χ2v) is 6.69. The first-order valence-electron chi connectivity index (χ1n) is 8.85. The van der Waals surface area contributed by atoms with E-state index >= 15 is 0 Å². The van der Waals surface area contributed by atoms with Gasteiger partial charge in [-0.3, -0.25) is 0 Å². The van der Waals surface area contributed by atoms with E-state index in [1.807, 2.05) is 19.1 Å². The summed E-state index contributed by atoms with van der Waals surface area (Å²) in [7, 11) is 2.13. The predicted octanol–water partition coefficient (Wildman–Crippen LogP) is 3.21. The standard InChI is InChI=1S/C20H25FN4O/c1-15-13-17(25-11-9-24(2)10-12-25)7-8-19(15)23-20(26)22-14-16-5-3-4-6-18(16)21/h3-8,13H,9-12,14H2,1-2H3,(H2,22,23,26). The summed E-state index contributed by atoms with van der Waals surface area (Å²) < 4.78 is 13.6. The van der Waals surface area contributed by atoms with E-state index in [9.17, 15) is 9.18 Å². The van der Waals surface area contributed by atoms with Crippen LogP contribution in [0.25, 0.3) is 0 Å². The fraction of sp³-hybridized carbons (Fsp3) is 0.350. The minimum absolute atomic E-state index is 0.150. The number of piperazine rings is 1. The first-order chi connectivity index (χ1) is 12.5. The fourth-order valence-electron chi connectivity index (χ4n) is 3.03. The van der Waals surface area contributed by atoms with Crippen LogP contribution in [0.5, 0.6) is 0 Å². The van der Waals surface area contributed by atoms with Crippen LogP contribution >= 0.6 is 0 Å². The van der Waals surface area contributed by atoms with Crippen LogP contribution in [0.15, 0.2) is 42.5 Å². The Bertz CT molecular complexity index is 772. The highest BCUT2D eigenvalue weighted by molar-refractivity contribution is 5.90. The molecule has 26 heavy (non-hydrogen) atoms. The van der Waals surface area contributed by atoms with Gasteiger partial charge in [0.15, 0.2) is 0 Å². The third kappa shape index (κ3) is 4.52. The van der Waals surface area contributed by atoms with Crippen molar-refractivity contribution >= 4 is 17.4 Å². The van der Waals surface area contributed by atoms with Crippen LogP contribution in [0, 0.1) is 12.7 Å². The topological polar surface area (TPSA) is 47.6 Å². The lowest BCUT2D eigenvalue weighted by atomic mass is 10.1. The Hall–Kier alpha value is -2.60. The summed E-state index contributed by atoms with van der Waals surface area (Å²) in [5.74, 6) is -0.319. The fourth-order valence-corrected chi connectivity index (χ4v) is 3.03. The number of nitrogens with one attached hydrogen (secondary N) is 2. The normalized spacial score (nSPS) is 15.0. The van der Waals surface area contributed by atoms with Gasteiger partial charge in [0.1, 0.15) is 5.82 Å². The van der Waals surface area contributed by atoms with Crippen LogP contribution in [0.4, 0.5) is 20.6 Å². The highest BCUT2D eigenvalue weighted by atomic mass is 19.1. The van der Waals surface area contributed by atoms with Gasteiger partial charge >= 0.3 is 6.03 Å². The molecule has 2 N–H and O–H groups in total. The molecule has 0 saturated carbocycles. The molecular formula is C20H25FN4O. The zero-order chi connectivity index (χ0) is 18.5. The Balaban J connectivity index is 1.57. The van der Waals surface area contributed by atoms with Crippen molar-refractivity contribution in [2.45, 2.75) is 13.5 Å². The lowest BCUT2D eigenvalue weighted by Crippen LogP contribution is -2.44. The number of aryl methyl sites for hydroxylation is 1. The van der Waals surface area contributed by atoms with E-state index in [2.05, 4.69) is 33.5 Å². The summed E-state index contributed by atoms with van der Waals surface area (Å²) in [6.07, 6.45) is 0. The van der Waals surface area contributed by atoms with Gasteiger partial charge in [0.05, 0.1) is 0 Å². The first-order valence-corrected chi connectivity index (χ1v) is 8.85. The molecule has 0 aliphatic carbocycles. The second kappa shape index (κ2) is 8.19. The molecule has 0 spiro atoms. The second-order valence-electron chi connectivity index (χ2n) is 6.69. The van der Waals surface area contributed by atoms with E-state index in [1.54, 1.807) is 18.2 Å². The minimum atomic E-state index is -0.344. The van der Waals surface area contributed by atoms with E-state index in [1.165, 1.54) is 11.8 Å². The summed E-state index contributed by atoms with van der Waals surface area (Å²) in [5.41, 5.74) is 3.40. The molecular weight excluding hydrogens is 331 g/mol. The number of halogens is 1. The van der Waals surface area contributed by atoms with Crippen LogP contribution in [0.2, 0.25) is 0 Å². The van der Waals surface area contributed by atoms with Gasteiger partial charge in [-0.2, -0.15) is 0 Å². The van der Waals surface area contributed by atoms with Crippen molar-refractivity contribution in [3.05, 3.63) is 59.4 Å². The Labute approximate surface area is 153 Å². The van der Waals surface area contributed by atoms with Crippen molar-refractivity contribution in [3.63, 3.8) is 0 Å². The molecule has 2 aromatic carbocycles. The van der Waals surface area contributed by atoms with Crippen LogP contribution in [0.1, 0.15) is 11.1 Å². The maximum Gasteiger partial charge on any atom is 0.319 e. The van der Waals surface area contributed by atoms with Crippen molar-refractivity contribution in [3.8, 4) is 0 Å². The maximum atomic E-state index is 13.6. The lowest BCUT2D eigenvalue weighted by Gasteiger charge is -2.34. The van der Waals surface area contributed by atoms with Gasteiger partial charge in [-0.25, -0.2) is 9.18 Å². The van der Waals surface area contributed by atoms with Crippen LogP contribution < -0.4 is 15.5 Å². The molecule has 1 saturated heterocycles. The van der Waals surface area contributed by atoms with Gasteiger partial charge in [-0.05, 0) is 43.8 Å². The van der Waals surface area contributed by atoms with Gasteiger partial charge in [0, 0.05) is 49.7 Å². The minimum Gasteiger partial charge on any atom is -0.369 e. The molecule has 2 aromatic rings. The molecule has 1 heterocycles. The molecule has 2 amide bonds. The Kier molecular flexibility index (Phi) is 5.73. The number of rotatable bonds is 4. The van der Waals surface area contributed by atoms with E-state index in [0.29, 0.717) is 5.56 Å². The zero-order valence-electron chi connectivity index (χ0n) is 15.3. The largest absolute Gasteiger partial charge is 0.369 e. The number of anilines is 2. The molecule has 6 heteroatoms. The Morgan fingerprint density at radius 3 is 2.54 bits per heavy atom. The number of hydrogen-bond acceptors (Lipinski definition) is 3. The molecule has 138 valence electrons. The lowest BCUT2D eigenvalue weighted by molar-refractivity contribution is 0.251. The number of urea groups is 1. The van der Waals surface area contributed by atoms with Crippen LogP contribution in [-0.4, -0.2) is 44.2 Å². The number of hydrogen-bond donors (Lipinski definition) is 2. The van der Waals surface area contributed by atoms with E-state index in [0.717, 1.165) is 37.4 Å². The number of carbonyl (C=O) groups excluding carboxylic acids is 1. The molecule has 0 radical (unpaired) electrons. The van der Waals surface area contributed by atoms with Crippen molar-refractivity contribution < 1.29 is 9.18 Å². The van der Waals surface area contributed by atoms with E-state index in [-0.39, 0.29) is 18.4 Å². The summed E-state index contributed by atoms with van der Waals surface area (Å²) >= 11 is 0. The molecule has 3 rings (SSSR count). The van der Waals surface area contributed by atoms with Gasteiger partial charge in [-0.1, -0.05) is 18.2 Å². The monoisotopic (exact) mass is 356 g/mol. The van der Waals surface area contributed by atoms with Crippen LogP contribution in [0.3, 0.4) is 0 Å². The summed E-state index contributed by atoms with van der Waals surface area (Å²) in [6.45, 7) is 6.25. The summed E-state index contributed by atoms with van der Waals surface area (Å²) in [5, 5.41) is 5.53. The number of carbonyl (C=O) groups is 1. The average Bonchev–Trinajstić information content (AvgIpc) is 2.63. The maximum absolute atomic E-state index is 13.6. The van der Waals surface area contributed by atoms with Gasteiger partial charge < -0.3 is 20.4 Å².